The van der Waals surface area contributed by atoms with E-state index in [4.69, 9.17) is 4.74 Å². The minimum atomic E-state index is -1.14. The Kier molecular flexibility index (Phi) is 5.80. The molecule has 1 aliphatic rings. The van der Waals surface area contributed by atoms with Gasteiger partial charge in [0.05, 0.1) is 22.8 Å². The van der Waals surface area contributed by atoms with Crippen molar-refractivity contribution in [2.45, 2.75) is 19.8 Å². The van der Waals surface area contributed by atoms with Crippen molar-refractivity contribution in [1.29, 1.82) is 0 Å². The lowest BCUT2D eigenvalue weighted by Gasteiger charge is -2.22. The Hall–Kier alpha value is -2.55. The zero-order chi connectivity index (χ0) is 17.7. The Morgan fingerprint density at radius 3 is 2.79 bits per heavy atom. The Balaban J connectivity index is 2.19. The smallest absolute Gasteiger partial charge is 0.306 e. The normalized spacial score (nSPS) is 17.2. The maximum Gasteiger partial charge on any atom is 0.306 e. The van der Waals surface area contributed by atoms with Gasteiger partial charge in [0.25, 0.3) is 5.91 Å². The number of nitrogens with one attached hydrogen (secondary N) is 2. The second-order valence-electron chi connectivity index (χ2n) is 5.58. The van der Waals surface area contributed by atoms with Gasteiger partial charge in [-0.1, -0.05) is 0 Å². The number of nitro groups is 1. The van der Waals surface area contributed by atoms with Crippen molar-refractivity contribution in [3.8, 4) is 0 Å². The molecule has 2 amide bonds. The lowest BCUT2D eigenvalue weighted by Crippen LogP contribution is -2.33. The monoisotopic (exact) mass is 339 g/mol. The van der Waals surface area contributed by atoms with Gasteiger partial charge in [-0.25, -0.2) is 0 Å². The SMILES string of the molecule is CC(=O)Nc1cc([N+](=O)[O-])c(F)cc1C(=O)NC[C@H]1CCCOC1. The van der Waals surface area contributed by atoms with Gasteiger partial charge in [0.1, 0.15) is 0 Å². The second kappa shape index (κ2) is 7.82. The first-order chi connectivity index (χ1) is 11.4. The van der Waals surface area contributed by atoms with E-state index in [1.165, 1.54) is 6.92 Å². The molecule has 2 N–H and O–H groups in total. The molecular weight excluding hydrogens is 321 g/mol. The highest BCUT2D eigenvalue weighted by atomic mass is 19.1. The number of halogens is 1. The standard InChI is InChI=1S/C15H18FN3O5/c1-9(20)18-13-6-14(19(22)23)12(16)5-11(13)15(21)17-7-10-3-2-4-24-8-10/h5-6,10H,2-4,7-8H2,1H3,(H,17,21)(H,18,20)/t10-/m1/s1. The molecule has 1 aromatic rings. The molecule has 1 aliphatic heterocycles. The number of hydrogen-bond acceptors (Lipinski definition) is 5. The molecule has 1 heterocycles. The van der Waals surface area contributed by atoms with Crippen LogP contribution in [0.15, 0.2) is 12.1 Å². The van der Waals surface area contributed by atoms with Crippen LogP contribution >= 0.6 is 0 Å². The number of hydrogen-bond donors (Lipinski definition) is 2. The lowest BCUT2D eigenvalue weighted by atomic mass is 10.0. The summed E-state index contributed by atoms with van der Waals surface area (Å²) >= 11 is 0. The first-order valence-electron chi connectivity index (χ1n) is 7.50. The van der Waals surface area contributed by atoms with E-state index in [0.29, 0.717) is 19.8 Å². The van der Waals surface area contributed by atoms with Crippen molar-refractivity contribution in [1.82, 2.24) is 5.32 Å². The van der Waals surface area contributed by atoms with Gasteiger partial charge in [-0.15, -0.1) is 0 Å². The zero-order valence-corrected chi connectivity index (χ0v) is 13.1. The summed E-state index contributed by atoms with van der Waals surface area (Å²) in [5.74, 6) is -2.11. The zero-order valence-electron chi connectivity index (χ0n) is 13.1. The van der Waals surface area contributed by atoms with Crippen LogP contribution in [0.25, 0.3) is 0 Å². The molecule has 2 rings (SSSR count). The quantitative estimate of drug-likeness (QED) is 0.628. The average Bonchev–Trinajstić information content (AvgIpc) is 2.54. The van der Waals surface area contributed by atoms with Crippen LogP contribution in [0.4, 0.5) is 15.8 Å². The van der Waals surface area contributed by atoms with Crippen molar-refractivity contribution in [2.75, 3.05) is 25.1 Å². The number of carbonyl (C=O) groups excluding carboxylic acids is 2. The lowest BCUT2D eigenvalue weighted by molar-refractivity contribution is -0.387. The van der Waals surface area contributed by atoms with E-state index in [1.807, 2.05) is 0 Å². The molecule has 0 aliphatic carbocycles. The van der Waals surface area contributed by atoms with Gasteiger partial charge >= 0.3 is 5.69 Å². The molecule has 0 radical (unpaired) electrons. The van der Waals surface area contributed by atoms with E-state index in [-0.39, 0.29) is 17.2 Å². The van der Waals surface area contributed by atoms with E-state index >= 15 is 0 Å². The largest absolute Gasteiger partial charge is 0.381 e. The fourth-order valence-electron chi connectivity index (χ4n) is 2.48. The molecule has 1 saturated heterocycles. The van der Waals surface area contributed by atoms with Crippen LogP contribution in [-0.2, 0) is 9.53 Å². The summed E-state index contributed by atoms with van der Waals surface area (Å²) in [5, 5.41) is 15.8. The number of nitrogens with zero attached hydrogens (tertiary/aromatic N) is 1. The van der Waals surface area contributed by atoms with Crippen LogP contribution in [0, 0.1) is 21.8 Å². The molecule has 0 spiro atoms. The maximum absolute atomic E-state index is 13.8. The minimum absolute atomic E-state index is 0.104. The Morgan fingerprint density at radius 1 is 1.46 bits per heavy atom. The van der Waals surface area contributed by atoms with Crippen molar-refractivity contribution in [3.63, 3.8) is 0 Å². The Bertz CT molecular complexity index is 659. The summed E-state index contributed by atoms with van der Waals surface area (Å²) < 4.78 is 19.1. The predicted octanol–water partition coefficient (Wildman–Crippen LogP) is 1.85. The molecule has 1 fully saturated rings. The van der Waals surface area contributed by atoms with Crippen LogP contribution in [0.1, 0.15) is 30.1 Å². The Labute approximate surface area is 137 Å². The number of anilines is 1. The van der Waals surface area contributed by atoms with Crippen molar-refractivity contribution in [3.05, 3.63) is 33.6 Å². The van der Waals surface area contributed by atoms with E-state index in [0.717, 1.165) is 25.0 Å². The molecular formula is C15H18FN3O5. The third-order valence-electron chi connectivity index (χ3n) is 3.64. The van der Waals surface area contributed by atoms with E-state index in [1.54, 1.807) is 0 Å². The van der Waals surface area contributed by atoms with Crippen molar-refractivity contribution in [2.24, 2.45) is 5.92 Å². The van der Waals surface area contributed by atoms with Gasteiger partial charge in [-0.05, 0) is 24.8 Å². The highest BCUT2D eigenvalue weighted by Gasteiger charge is 2.23. The average molecular weight is 339 g/mol. The number of benzene rings is 1. The summed E-state index contributed by atoms with van der Waals surface area (Å²) in [5.41, 5.74) is -1.07. The number of nitro benzene ring substituents is 1. The Morgan fingerprint density at radius 2 is 2.21 bits per heavy atom. The van der Waals surface area contributed by atoms with Crippen LogP contribution in [-0.4, -0.2) is 36.5 Å². The van der Waals surface area contributed by atoms with Gasteiger partial charge < -0.3 is 15.4 Å². The summed E-state index contributed by atoms with van der Waals surface area (Å²) in [6, 6.07) is 1.60. The molecule has 24 heavy (non-hydrogen) atoms. The topological polar surface area (TPSA) is 111 Å². The van der Waals surface area contributed by atoms with E-state index < -0.39 is 28.2 Å². The molecule has 1 aromatic carbocycles. The number of amides is 2. The van der Waals surface area contributed by atoms with Gasteiger partial charge in [0, 0.05) is 26.1 Å². The van der Waals surface area contributed by atoms with Crippen molar-refractivity contribution >= 4 is 23.2 Å². The number of carbonyl (C=O) groups is 2. The third kappa shape index (κ3) is 4.48. The highest BCUT2D eigenvalue weighted by Crippen LogP contribution is 2.26. The van der Waals surface area contributed by atoms with Crippen LogP contribution in [0.5, 0.6) is 0 Å². The molecule has 1 atom stereocenters. The third-order valence-corrected chi connectivity index (χ3v) is 3.64. The van der Waals surface area contributed by atoms with Gasteiger partial charge in [0.2, 0.25) is 11.7 Å². The van der Waals surface area contributed by atoms with Crippen molar-refractivity contribution < 1.29 is 23.6 Å². The summed E-state index contributed by atoms with van der Waals surface area (Å²) in [6.45, 7) is 2.77. The highest BCUT2D eigenvalue weighted by molar-refractivity contribution is 6.03. The fourth-order valence-corrected chi connectivity index (χ4v) is 2.48. The molecule has 9 heteroatoms. The summed E-state index contributed by atoms with van der Waals surface area (Å²) in [4.78, 5) is 33.4. The number of rotatable bonds is 5. The van der Waals surface area contributed by atoms with Gasteiger partial charge in [-0.3, -0.25) is 19.7 Å². The maximum atomic E-state index is 13.8. The van der Waals surface area contributed by atoms with E-state index in [9.17, 15) is 24.1 Å². The molecule has 0 saturated carbocycles. The molecule has 0 aromatic heterocycles. The first-order valence-corrected chi connectivity index (χ1v) is 7.50. The summed E-state index contributed by atoms with van der Waals surface area (Å²) in [6.07, 6.45) is 1.82. The van der Waals surface area contributed by atoms with Crippen LogP contribution in [0.3, 0.4) is 0 Å². The first kappa shape index (κ1) is 17.8. The molecule has 8 nitrogen and oxygen atoms in total. The minimum Gasteiger partial charge on any atom is -0.381 e. The van der Waals surface area contributed by atoms with Crippen LogP contribution < -0.4 is 10.6 Å². The number of ether oxygens (including phenoxy) is 1. The second-order valence-corrected chi connectivity index (χ2v) is 5.58. The van der Waals surface area contributed by atoms with Gasteiger partial charge in [0.15, 0.2) is 0 Å². The summed E-state index contributed by atoms with van der Waals surface area (Å²) in [7, 11) is 0. The molecule has 0 bridgehead atoms. The molecule has 130 valence electrons. The fraction of sp³-hybridized carbons (Fsp3) is 0.467. The van der Waals surface area contributed by atoms with Crippen LogP contribution in [0.2, 0.25) is 0 Å². The van der Waals surface area contributed by atoms with E-state index in [2.05, 4.69) is 10.6 Å². The predicted molar refractivity (Wildman–Crippen MR) is 83.2 cm³/mol. The molecule has 0 unspecified atom stereocenters. The van der Waals surface area contributed by atoms with Gasteiger partial charge in [-0.2, -0.15) is 4.39 Å².